The molecule has 1 saturated carbocycles. The highest BCUT2D eigenvalue weighted by Crippen LogP contribution is 2.45. The van der Waals surface area contributed by atoms with Gasteiger partial charge < -0.3 is 24.8 Å². The Balaban J connectivity index is 1.49. The Hall–Kier alpha value is -1.79. The van der Waals surface area contributed by atoms with Gasteiger partial charge in [0.2, 0.25) is 6.79 Å². The highest BCUT2D eigenvalue weighted by atomic mass is 16.7. The molecular formula is C24H37N2O4+. The second-order valence-electron chi connectivity index (χ2n) is 9.29. The minimum absolute atomic E-state index is 0.101. The van der Waals surface area contributed by atoms with Crippen LogP contribution in [0.4, 0.5) is 0 Å². The molecule has 1 aliphatic carbocycles. The van der Waals surface area contributed by atoms with Crippen molar-refractivity contribution >= 4 is 5.91 Å². The van der Waals surface area contributed by atoms with E-state index in [4.69, 9.17) is 9.47 Å². The average Bonchev–Trinajstić information content (AvgIpc) is 3.21. The van der Waals surface area contributed by atoms with E-state index in [2.05, 4.69) is 24.4 Å². The van der Waals surface area contributed by atoms with Crippen LogP contribution < -0.4 is 19.7 Å². The van der Waals surface area contributed by atoms with Crippen LogP contribution in [0.5, 0.6) is 11.5 Å². The number of fused-ring (bicyclic) bond motifs is 2. The fourth-order valence-electron chi connectivity index (χ4n) is 5.68. The molecule has 1 aromatic rings. The van der Waals surface area contributed by atoms with Gasteiger partial charge in [-0.05, 0) is 37.5 Å². The lowest BCUT2D eigenvalue weighted by Crippen LogP contribution is -3.16. The molecule has 0 aromatic heterocycles. The van der Waals surface area contributed by atoms with E-state index in [-0.39, 0.29) is 24.7 Å². The summed E-state index contributed by atoms with van der Waals surface area (Å²) in [6.07, 6.45) is 9.53. The van der Waals surface area contributed by atoms with E-state index >= 15 is 0 Å². The van der Waals surface area contributed by atoms with Gasteiger partial charge in [-0.25, -0.2) is 0 Å². The zero-order valence-corrected chi connectivity index (χ0v) is 18.3. The second kappa shape index (κ2) is 9.56. The van der Waals surface area contributed by atoms with Crippen LogP contribution >= 0.6 is 0 Å². The maximum absolute atomic E-state index is 12.7. The quantitative estimate of drug-likeness (QED) is 0.568. The highest BCUT2D eigenvalue weighted by Gasteiger charge is 2.52. The van der Waals surface area contributed by atoms with E-state index in [0.29, 0.717) is 6.54 Å². The first kappa shape index (κ1) is 21.4. The van der Waals surface area contributed by atoms with E-state index in [0.717, 1.165) is 68.7 Å². The van der Waals surface area contributed by atoms with Gasteiger partial charge in [-0.3, -0.25) is 4.79 Å². The van der Waals surface area contributed by atoms with Gasteiger partial charge in [-0.15, -0.1) is 0 Å². The zero-order chi connectivity index (χ0) is 21.0. The van der Waals surface area contributed by atoms with Gasteiger partial charge in [0.25, 0.3) is 5.91 Å². The molecule has 1 amide bonds. The van der Waals surface area contributed by atoms with Crippen LogP contribution in [0.2, 0.25) is 0 Å². The molecule has 6 heteroatoms. The summed E-state index contributed by atoms with van der Waals surface area (Å²) in [5.41, 5.74) is 0.536. The molecule has 1 aromatic carbocycles. The second-order valence-corrected chi connectivity index (χ2v) is 9.29. The van der Waals surface area contributed by atoms with Crippen molar-refractivity contribution in [1.29, 1.82) is 0 Å². The topological polar surface area (TPSA) is 72.2 Å². The number of amides is 1. The van der Waals surface area contributed by atoms with Crippen LogP contribution in [0.25, 0.3) is 0 Å². The van der Waals surface area contributed by atoms with Crippen LogP contribution in [0.3, 0.4) is 0 Å². The first-order valence-corrected chi connectivity index (χ1v) is 11.8. The first-order valence-electron chi connectivity index (χ1n) is 11.8. The van der Waals surface area contributed by atoms with Crippen molar-refractivity contribution in [1.82, 2.24) is 5.32 Å². The van der Waals surface area contributed by atoms with Crippen LogP contribution in [0.1, 0.15) is 76.3 Å². The third-order valence-electron chi connectivity index (χ3n) is 7.28. The number of likely N-dealkylation sites (tertiary alicyclic amines) is 1. The lowest BCUT2D eigenvalue weighted by atomic mass is 9.66. The van der Waals surface area contributed by atoms with Crippen molar-refractivity contribution in [3.63, 3.8) is 0 Å². The number of unbranched alkanes of at least 4 members (excludes halogenated alkanes) is 3. The number of benzene rings is 1. The summed E-state index contributed by atoms with van der Waals surface area (Å²) in [6.45, 7) is 4.48. The molecule has 0 bridgehead atoms. The van der Waals surface area contributed by atoms with Crippen LogP contribution in [0.15, 0.2) is 18.2 Å². The van der Waals surface area contributed by atoms with Crippen molar-refractivity contribution in [3.8, 4) is 11.5 Å². The minimum atomic E-state index is -0.612. The van der Waals surface area contributed by atoms with Gasteiger partial charge >= 0.3 is 0 Å². The number of carbonyl (C=O) groups is 1. The van der Waals surface area contributed by atoms with Gasteiger partial charge in [-0.1, -0.05) is 39.0 Å². The molecule has 6 nitrogen and oxygen atoms in total. The number of carbonyl (C=O) groups excluding carboxylic acids is 1. The molecule has 2 heterocycles. The summed E-state index contributed by atoms with van der Waals surface area (Å²) in [6, 6.07) is 6.24. The highest BCUT2D eigenvalue weighted by molar-refractivity contribution is 5.76. The maximum atomic E-state index is 12.7. The predicted octanol–water partition coefficient (Wildman–Crippen LogP) is 2.36. The van der Waals surface area contributed by atoms with E-state index in [1.807, 2.05) is 6.07 Å². The Kier molecular flexibility index (Phi) is 6.84. The van der Waals surface area contributed by atoms with Gasteiger partial charge in [0, 0.05) is 24.4 Å². The molecular weight excluding hydrogens is 380 g/mol. The van der Waals surface area contributed by atoms with Gasteiger partial charge in [-0.2, -0.15) is 0 Å². The molecule has 0 radical (unpaired) electrons. The molecule has 3 N–H and O–H groups in total. The minimum Gasteiger partial charge on any atom is -0.454 e. The maximum Gasteiger partial charge on any atom is 0.275 e. The Morgan fingerprint density at radius 2 is 2.07 bits per heavy atom. The standard InChI is InChI=1S/C24H36N2O4/c1-2-3-4-7-13-25-22(27)16-26-14-12-24(28)11-6-5-8-19(24)23(26)18-9-10-20-21(15-18)30-17-29-20/h9-10,15,19,23,28H,2-8,11-14,16-17H2,1H3,(H,25,27)/p+1/t19-,23+,24-/m1/s1. The fraction of sp³-hybridized carbons (Fsp3) is 0.708. The number of nitrogens with one attached hydrogen (secondary N) is 2. The number of hydrogen-bond donors (Lipinski definition) is 3. The fourth-order valence-corrected chi connectivity index (χ4v) is 5.68. The Morgan fingerprint density at radius 1 is 1.20 bits per heavy atom. The van der Waals surface area contributed by atoms with Crippen LogP contribution in [-0.2, 0) is 4.79 Å². The van der Waals surface area contributed by atoms with Crippen LogP contribution in [0, 0.1) is 5.92 Å². The Morgan fingerprint density at radius 3 is 2.93 bits per heavy atom. The average molecular weight is 418 g/mol. The number of hydrogen-bond acceptors (Lipinski definition) is 4. The smallest absolute Gasteiger partial charge is 0.275 e. The van der Waals surface area contributed by atoms with E-state index in [1.165, 1.54) is 24.2 Å². The van der Waals surface area contributed by atoms with Crippen molar-refractivity contribution in [2.24, 2.45) is 5.92 Å². The van der Waals surface area contributed by atoms with Crippen molar-refractivity contribution in [3.05, 3.63) is 23.8 Å². The largest absolute Gasteiger partial charge is 0.454 e. The number of piperidine rings is 1. The lowest BCUT2D eigenvalue weighted by Gasteiger charge is -2.50. The van der Waals surface area contributed by atoms with Crippen molar-refractivity contribution < 1.29 is 24.3 Å². The first-order chi connectivity index (χ1) is 14.6. The SMILES string of the molecule is CCCCCCNC(=O)C[NH+]1CC[C@]2(O)CCCC[C@@H]2[C@@H]1c1ccc2c(c1)OCO2. The molecule has 4 atom stereocenters. The van der Waals surface area contributed by atoms with Gasteiger partial charge in [0.15, 0.2) is 18.0 Å². The number of quaternary nitrogens is 1. The molecule has 0 spiro atoms. The van der Waals surface area contributed by atoms with Crippen molar-refractivity contribution in [2.75, 3.05) is 26.4 Å². The summed E-state index contributed by atoms with van der Waals surface area (Å²) in [4.78, 5) is 14.0. The number of rotatable bonds is 8. The predicted molar refractivity (Wildman–Crippen MR) is 115 cm³/mol. The number of aliphatic hydroxyl groups is 1. The van der Waals surface area contributed by atoms with E-state index in [1.54, 1.807) is 0 Å². The van der Waals surface area contributed by atoms with Crippen LogP contribution in [-0.4, -0.2) is 43.0 Å². The third-order valence-corrected chi connectivity index (χ3v) is 7.28. The Bertz CT molecular complexity index is 740. The molecule has 3 aliphatic rings. The molecule has 2 aliphatic heterocycles. The molecule has 2 fully saturated rings. The van der Waals surface area contributed by atoms with E-state index in [9.17, 15) is 9.90 Å². The molecule has 166 valence electrons. The lowest BCUT2D eigenvalue weighted by molar-refractivity contribution is -0.937. The van der Waals surface area contributed by atoms with Gasteiger partial charge in [0.1, 0.15) is 6.04 Å². The van der Waals surface area contributed by atoms with Crippen molar-refractivity contribution in [2.45, 2.75) is 76.4 Å². The zero-order valence-electron chi connectivity index (χ0n) is 18.3. The third kappa shape index (κ3) is 4.59. The van der Waals surface area contributed by atoms with E-state index < -0.39 is 5.60 Å². The summed E-state index contributed by atoms with van der Waals surface area (Å²) < 4.78 is 11.1. The summed E-state index contributed by atoms with van der Waals surface area (Å²) in [5, 5.41) is 14.5. The molecule has 30 heavy (non-hydrogen) atoms. The van der Waals surface area contributed by atoms with Gasteiger partial charge in [0.05, 0.1) is 12.1 Å². The Labute approximate surface area is 179 Å². The molecule has 4 rings (SSSR count). The summed E-state index contributed by atoms with van der Waals surface area (Å²) in [5.74, 6) is 1.85. The molecule has 1 saturated heterocycles. The summed E-state index contributed by atoms with van der Waals surface area (Å²) >= 11 is 0. The summed E-state index contributed by atoms with van der Waals surface area (Å²) in [7, 11) is 0. The molecule has 1 unspecified atom stereocenters. The normalized spacial score (nSPS) is 30.0. The number of ether oxygens (including phenoxy) is 2. The monoisotopic (exact) mass is 417 g/mol.